The van der Waals surface area contributed by atoms with Gasteiger partial charge in [-0.25, -0.2) is 4.79 Å². The van der Waals surface area contributed by atoms with Crippen molar-refractivity contribution in [2.45, 2.75) is 0 Å². The number of hydrogen-bond acceptors (Lipinski definition) is 2. The second kappa shape index (κ2) is 2.84. The summed E-state index contributed by atoms with van der Waals surface area (Å²) in [5.41, 5.74) is 2.85. The molecule has 0 aliphatic rings. The van der Waals surface area contributed by atoms with Crippen molar-refractivity contribution in [3.63, 3.8) is 0 Å². The third-order valence-corrected chi connectivity index (χ3v) is 2.30. The number of nitrogens with zero attached hydrogens (tertiary/aromatic N) is 1. The molecule has 0 bridgehead atoms. The highest BCUT2D eigenvalue weighted by Gasteiger charge is 2.09. The highest BCUT2D eigenvalue weighted by Crippen LogP contribution is 2.21. The van der Waals surface area contributed by atoms with Crippen molar-refractivity contribution in [1.82, 2.24) is 20.2 Å². The van der Waals surface area contributed by atoms with Gasteiger partial charge in [-0.15, -0.1) is 0 Å². The Balaban J connectivity index is 2.31. The van der Waals surface area contributed by atoms with Crippen LogP contribution in [0.5, 0.6) is 0 Å². The van der Waals surface area contributed by atoms with E-state index in [1.165, 1.54) is 0 Å². The van der Waals surface area contributed by atoms with Crippen molar-refractivity contribution in [2.24, 2.45) is 0 Å². The van der Waals surface area contributed by atoms with Crippen LogP contribution in [0.4, 0.5) is 0 Å². The molecule has 3 N–H and O–H groups in total. The Bertz CT molecular complexity index is 647. The van der Waals surface area contributed by atoms with Gasteiger partial charge in [0.2, 0.25) is 0 Å². The van der Waals surface area contributed by atoms with Crippen LogP contribution < -0.4 is 5.69 Å². The van der Waals surface area contributed by atoms with Crippen molar-refractivity contribution < 1.29 is 0 Å². The zero-order chi connectivity index (χ0) is 10.3. The number of fused-ring (bicyclic) bond motifs is 1. The fourth-order valence-corrected chi connectivity index (χ4v) is 1.62. The second-order valence-electron chi connectivity index (χ2n) is 3.27. The minimum absolute atomic E-state index is 0.237. The smallest absolute Gasteiger partial charge is 0.302 e. The van der Waals surface area contributed by atoms with Crippen molar-refractivity contribution in [1.29, 1.82) is 0 Å². The SMILES string of the molecule is O=c1[nH]c2n[nH]c(-c3ccccc3)c2[nH]1. The molecule has 0 unspecified atom stereocenters. The van der Waals surface area contributed by atoms with Crippen LogP contribution in [0, 0.1) is 0 Å². The normalized spacial score (nSPS) is 10.9. The molecule has 3 aromatic rings. The Hall–Kier alpha value is -2.30. The van der Waals surface area contributed by atoms with Crippen molar-refractivity contribution in [3.8, 4) is 11.3 Å². The highest BCUT2D eigenvalue weighted by molar-refractivity contribution is 5.87. The molecule has 3 rings (SSSR count). The fraction of sp³-hybridized carbons (Fsp3) is 0. The molecule has 0 saturated carbocycles. The number of rotatable bonds is 1. The standard InChI is InChI=1S/C10H8N4O/c15-10-11-8-7(13-14-9(8)12-10)6-4-2-1-3-5-6/h1-5H,(H3,11,12,13,14,15). The number of aromatic nitrogens is 4. The van der Waals surface area contributed by atoms with Gasteiger partial charge in [0.1, 0.15) is 5.52 Å². The molecule has 1 aromatic carbocycles. The molecule has 0 spiro atoms. The molecule has 0 atom stereocenters. The number of nitrogens with one attached hydrogen (secondary N) is 3. The minimum atomic E-state index is -0.237. The Kier molecular flexibility index (Phi) is 1.53. The number of hydrogen-bond donors (Lipinski definition) is 3. The lowest BCUT2D eigenvalue weighted by atomic mass is 10.1. The molecule has 2 aromatic heterocycles. The molecular weight excluding hydrogens is 192 g/mol. The summed E-state index contributed by atoms with van der Waals surface area (Å²) in [4.78, 5) is 16.4. The number of aromatic amines is 3. The van der Waals surface area contributed by atoms with E-state index in [0.29, 0.717) is 11.2 Å². The van der Waals surface area contributed by atoms with Gasteiger partial charge in [0, 0.05) is 5.56 Å². The van der Waals surface area contributed by atoms with E-state index in [4.69, 9.17) is 0 Å². The Morgan fingerprint density at radius 3 is 2.67 bits per heavy atom. The van der Waals surface area contributed by atoms with Crippen LogP contribution >= 0.6 is 0 Å². The van der Waals surface area contributed by atoms with E-state index in [2.05, 4.69) is 20.2 Å². The van der Waals surface area contributed by atoms with Crippen LogP contribution in [0.2, 0.25) is 0 Å². The number of H-pyrrole nitrogens is 3. The van der Waals surface area contributed by atoms with E-state index in [9.17, 15) is 4.79 Å². The molecule has 0 radical (unpaired) electrons. The molecular formula is C10H8N4O. The van der Waals surface area contributed by atoms with E-state index in [-0.39, 0.29) is 5.69 Å². The first-order valence-corrected chi connectivity index (χ1v) is 4.56. The third-order valence-electron chi connectivity index (χ3n) is 2.30. The summed E-state index contributed by atoms with van der Waals surface area (Å²) in [6.07, 6.45) is 0. The lowest BCUT2D eigenvalue weighted by molar-refractivity contribution is 1.08. The summed E-state index contributed by atoms with van der Waals surface area (Å²) >= 11 is 0. The van der Waals surface area contributed by atoms with Gasteiger partial charge in [-0.3, -0.25) is 10.1 Å². The summed E-state index contributed by atoms with van der Waals surface area (Å²) in [6, 6.07) is 9.73. The first-order valence-electron chi connectivity index (χ1n) is 4.56. The maximum absolute atomic E-state index is 11.1. The lowest BCUT2D eigenvalue weighted by Crippen LogP contribution is -2.00. The van der Waals surface area contributed by atoms with Gasteiger partial charge < -0.3 is 4.98 Å². The molecule has 0 amide bonds. The zero-order valence-electron chi connectivity index (χ0n) is 7.74. The van der Waals surface area contributed by atoms with Crippen molar-refractivity contribution in [3.05, 3.63) is 40.8 Å². The van der Waals surface area contributed by atoms with E-state index in [0.717, 1.165) is 11.3 Å². The fourth-order valence-electron chi connectivity index (χ4n) is 1.62. The van der Waals surface area contributed by atoms with Gasteiger partial charge in [-0.2, -0.15) is 5.10 Å². The topological polar surface area (TPSA) is 77.3 Å². The number of benzene rings is 1. The van der Waals surface area contributed by atoms with Gasteiger partial charge in [0.05, 0.1) is 5.69 Å². The largest absolute Gasteiger partial charge is 0.325 e. The number of imidazole rings is 1. The van der Waals surface area contributed by atoms with Crippen LogP contribution in [0.3, 0.4) is 0 Å². The van der Waals surface area contributed by atoms with E-state index in [1.807, 2.05) is 30.3 Å². The van der Waals surface area contributed by atoms with Crippen molar-refractivity contribution in [2.75, 3.05) is 0 Å². The molecule has 0 saturated heterocycles. The highest BCUT2D eigenvalue weighted by atomic mass is 16.1. The Labute approximate surface area is 84.2 Å². The van der Waals surface area contributed by atoms with Crippen LogP contribution in [0.25, 0.3) is 22.4 Å². The Morgan fingerprint density at radius 2 is 1.87 bits per heavy atom. The molecule has 0 aliphatic heterocycles. The summed E-state index contributed by atoms with van der Waals surface area (Å²) in [6.45, 7) is 0. The van der Waals surface area contributed by atoms with Gasteiger partial charge in [0.25, 0.3) is 0 Å². The Morgan fingerprint density at radius 1 is 1.07 bits per heavy atom. The summed E-state index contributed by atoms with van der Waals surface area (Å²) < 4.78 is 0. The maximum Gasteiger partial charge on any atom is 0.325 e. The average Bonchev–Trinajstić information content (AvgIpc) is 2.77. The predicted octanol–water partition coefficient (Wildman–Crippen LogP) is 1.25. The summed E-state index contributed by atoms with van der Waals surface area (Å²) in [5.74, 6) is 0. The first kappa shape index (κ1) is 8.05. The summed E-state index contributed by atoms with van der Waals surface area (Å²) in [5, 5.41) is 6.89. The zero-order valence-corrected chi connectivity index (χ0v) is 7.74. The third kappa shape index (κ3) is 1.17. The van der Waals surface area contributed by atoms with Crippen LogP contribution in [-0.2, 0) is 0 Å². The predicted molar refractivity (Wildman–Crippen MR) is 56.5 cm³/mol. The molecule has 15 heavy (non-hydrogen) atoms. The molecule has 0 aliphatic carbocycles. The van der Waals surface area contributed by atoms with E-state index in [1.54, 1.807) is 0 Å². The quantitative estimate of drug-likeness (QED) is 0.552. The summed E-state index contributed by atoms with van der Waals surface area (Å²) in [7, 11) is 0. The first-order chi connectivity index (χ1) is 7.34. The molecule has 74 valence electrons. The molecule has 5 nitrogen and oxygen atoms in total. The minimum Gasteiger partial charge on any atom is -0.302 e. The average molecular weight is 200 g/mol. The van der Waals surface area contributed by atoms with Crippen LogP contribution in [0.1, 0.15) is 0 Å². The maximum atomic E-state index is 11.1. The van der Waals surface area contributed by atoms with Gasteiger partial charge >= 0.3 is 5.69 Å². The van der Waals surface area contributed by atoms with Crippen molar-refractivity contribution >= 4 is 11.2 Å². The van der Waals surface area contributed by atoms with Gasteiger partial charge in [0.15, 0.2) is 5.65 Å². The lowest BCUT2D eigenvalue weighted by Gasteiger charge is -1.94. The van der Waals surface area contributed by atoms with Gasteiger partial charge in [-0.05, 0) is 0 Å². The monoisotopic (exact) mass is 200 g/mol. The molecule has 5 heteroatoms. The van der Waals surface area contributed by atoms with E-state index < -0.39 is 0 Å². The van der Waals surface area contributed by atoms with Crippen LogP contribution in [-0.4, -0.2) is 20.2 Å². The van der Waals surface area contributed by atoms with E-state index >= 15 is 0 Å². The molecule has 0 fully saturated rings. The van der Waals surface area contributed by atoms with Gasteiger partial charge in [-0.1, -0.05) is 30.3 Å². The molecule has 2 heterocycles. The van der Waals surface area contributed by atoms with Crippen LogP contribution in [0.15, 0.2) is 35.1 Å². The second-order valence-corrected chi connectivity index (χ2v) is 3.27.